The molecule has 2 aromatic heterocycles. The highest BCUT2D eigenvalue weighted by Crippen LogP contribution is 2.18. The summed E-state index contributed by atoms with van der Waals surface area (Å²) in [5, 5.41) is 9.57. The number of nitrogens with one attached hydrogen (secondary N) is 1. The zero-order valence-corrected chi connectivity index (χ0v) is 9.69. The molecule has 0 fully saturated rings. The Morgan fingerprint density at radius 1 is 1.39 bits per heavy atom. The summed E-state index contributed by atoms with van der Waals surface area (Å²) < 4.78 is 6.76. The Hall–Kier alpha value is -2.64. The molecular weight excluding hydrogens is 234 g/mol. The van der Waals surface area contributed by atoms with E-state index in [1.807, 2.05) is 11.2 Å². The van der Waals surface area contributed by atoms with Crippen LogP contribution in [0.15, 0.2) is 31.0 Å². The summed E-state index contributed by atoms with van der Waals surface area (Å²) in [5.41, 5.74) is 4.08. The van der Waals surface area contributed by atoms with Crippen molar-refractivity contribution >= 4 is 11.5 Å². The van der Waals surface area contributed by atoms with E-state index < -0.39 is 0 Å². The molecule has 0 spiro atoms. The van der Waals surface area contributed by atoms with Crippen LogP contribution in [0, 0.1) is 0 Å². The van der Waals surface area contributed by atoms with Gasteiger partial charge in [0.15, 0.2) is 5.82 Å². The molecule has 1 N–H and O–H groups in total. The molecule has 0 atom stereocenters. The maximum atomic E-state index is 5.06. The molecule has 1 aliphatic heterocycles. The lowest BCUT2D eigenvalue weighted by Crippen LogP contribution is -2.31. The Morgan fingerprint density at radius 2 is 2.33 bits per heavy atom. The van der Waals surface area contributed by atoms with Gasteiger partial charge in [0.05, 0.1) is 31.7 Å². The van der Waals surface area contributed by atoms with Gasteiger partial charge in [0.1, 0.15) is 6.33 Å². The Morgan fingerprint density at radius 3 is 3.11 bits per heavy atom. The van der Waals surface area contributed by atoms with Crippen LogP contribution in [-0.2, 0) is 0 Å². The SMILES string of the molecule is COc1cc(N2CC(n3ccnn3)=CN2)ncn1. The van der Waals surface area contributed by atoms with Gasteiger partial charge in [0.25, 0.3) is 0 Å². The monoisotopic (exact) mass is 245 g/mol. The summed E-state index contributed by atoms with van der Waals surface area (Å²) in [6.07, 6.45) is 6.74. The molecule has 0 saturated carbocycles. The number of nitrogens with zero attached hydrogens (tertiary/aromatic N) is 6. The van der Waals surface area contributed by atoms with Gasteiger partial charge in [-0.25, -0.2) is 14.6 Å². The van der Waals surface area contributed by atoms with Gasteiger partial charge in [0.2, 0.25) is 5.88 Å². The van der Waals surface area contributed by atoms with Gasteiger partial charge in [-0.3, -0.25) is 5.01 Å². The molecular formula is C10H11N7O. The van der Waals surface area contributed by atoms with E-state index in [0.717, 1.165) is 11.5 Å². The highest BCUT2D eigenvalue weighted by molar-refractivity contribution is 5.57. The first kappa shape index (κ1) is 10.5. The quantitative estimate of drug-likeness (QED) is 0.808. The molecule has 0 bridgehead atoms. The smallest absolute Gasteiger partial charge is 0.218 e. The fourth-order valence-electron chi connectivity index (χ4n) is 1.64. The number of aromatic nitrogens is 5. The molecule has 0 saturated heterocycles. The highest BCUT2D eigenvalue weighted by atomic mass is 16.5. The molecule has 0 radical (unpaired) electrons. The van der Waals surface area contributed by atoms with Gasteiger partial charge in [-0.05, 0) is 0 Å². The number of rotatable bonds is 3. The average molecular weight is 245 g/mol. The minimum atomic E-state index is 0.524. The first-order chi connectivity index (χ1) is 8.86. The van der Waals surface area contributed by atoms with Crippen LogP contribution in [0.3, 0.4) is 0 Å². The molecule has 92 valence electrons. The van der Waals surface area contributed by atoms with Crippen LogP contribution < -0.4 is 15.2 Å². The second-order valence-electron chi connectivity index (χ2n) is 3.62. The third-order valence-corrected chi connectivity index (χ3v) is 2.54. The number of methoxy groups -OCH3 is 1. The summed E-state index contributed by atoms with van der Waals surface area (Å²) in [7, 11) is 1.57. The van der Waals surface area contributed by atoms with E-state index in [4.69, 9.17) is 4.74 Å². The molecule has 18 heavy (non-hydrogen) atoms. The highest BCUT2D eigenvalue weighted by Gasteiger charge is 2.17. The van der Waals surface area contributed by atoms with Crippen molar-refractivity contribution in [2.75, 3.05) is 18.7 Å². The van der Waals surface area contributed by atoms with Crippen LogP contribution in [0.5, 0.6) is 5.88 Å². The van der Waals surface area contributed by atoms with E-state index in [0.29, 0.717) is 12.4 Å². The van der Waals surface area contributed by atoms with Gasteiger partial charge in [-0.2, -0.15) is 0 Å². The van der Waals surface area contributed by atoms with Crippen molar-refractivity contribution < 1.29 is 4.74 Å². The molecule has 1 aliphatic rings. The largest absolute Gasteiger partial charge is 0.481 e. The van der Waals surface area contributed by atoms with Crippen LogP contribution in [0.1, 0.15) is 0 Å². The van der Waals surface area contributed by atoms with Crippen molar-refractivity contribution in [1.82, 2.24) is 30.4 Å². The number of hydrazine groups is 1. The maximum absolute atomic E-state index is 5.06. The van der Waals surface area contributed by atoms with Crippen molar-refractivity contribution in [2.45, 2.75) is 0 Å². The summed E-state index contributed by atoms with van der Waals surface area (Å²) in [6, 6.07) is 1.76. The molecule has 3 rings (SSSR count). The van der Waals surface area contributed by atoms with E-state index in [1.54, 1.807) is 30.3 Å². The summed E-state index contributed by atoms with van der Waals surface area (Å²) in [4.78, 5) is 8.14. The van der Waals surface area contributed by atoms with Crippen molar-refractivity contribution in [3.63, 3.8) is 0 Å². The van der Waals surface area contributed by atoms with Crippen molar-refractivity contribution in [3.05, 3.63) is 31.0 Å². The Bertz CT molecular complexity index is 565. The van der Waals surface area contributed by atoms with Gasteiger partial charge in [0, 0.05) is 12.3 Å². The first-order valence-corrected chi connectivity index (χ1v) is 5.32. The fraction of sp³-hybridized carbons (Fsp3) is 0.200. The van der Waals surface area contributed by atoms with E-state index in [-0.39, 0.29) is 0 Å². The predicted molar refractivity (Wildman–Crippen MR) is 63.4 cm³/mol. The number of hydrogen-bond acceptors (Lipinski definition) is 7. The molecule has 2 aromatic rings. The van der Waals surface area contributed by atoms with Crippen molar-refractivity contribution in [1.29, 1.82) is 0 Å². The van der Waals surface area contributed by atoms with Crippen LogP contribution >= 0.6 is 0 Å². The van der Waals surface area contributed by atoms with E-state index in [1.165, 1.54) is 6.33 Å². The van der Waals surface area contributed by atoms with Gasteiger partial charge in [-0.15, -0.1) is 5.10 Å². The third-order valence-electron chi connectivity index (χ3n) is 2.54. The zero-order valence-electron chi connectivity index (χ0n) is 9.69. The van der Waals surface area contributed by atoms with Crippen LogP contribution in [0.2, 0.25) is 0 Å². The average Bonchev–Trinajstić information content (AvgIpc) is 3.09. The third kappa shape index (κ3) is 1.83. The molecule has 8 nitrogen and oxygen atoms in total. The molecule has 0 unspecified atom stereocenters. The molecule has 3 heterocycles. The molecule has 0 aromatic carbocycles. The minimum absolute atomic E-state index is 0.524. The fourth-order valence-corrected chi connectivity index (χ4v) is 1.64. The van der Waals surface area contributed by atoms with E-state index >= 15 is 0 Å². The van der Waals surface area contributed by atoms with Gasteiger partial charge in [-0.1, -0.05) is 5.21 Å². The Balaban J connectivity index is 1.77. The number of hydrogen-bond donors (Lipinski definition) is 1. The van der Waals surface area contributed by atoms with Crippen LogP contribution in [0.4, 0.5) is 5.82 Å². The standard InChI is InChI=1S/C10H11N7O/c1-18-10-4-9(11-7-12-10)17-6-8(5-14-17)16-3-2-13-15-16/h2-5,7,14H,6H2,1H3. The Kier molecular flexibility index (Phi) is 2.52. The number of anilines is 1. The van der Waals surface area contributed by atoms with Crippen LogP contribution in [0.25, 0.3) is 5.70 Å². The molecule has 0 aliphatic carbocycles. The normalized spacial score (nSPS) is 14.3. The number of ether oxygens (including phenoxy) is 1. The lowest BCUT2D eigenvalue weighted by Gasteiger charge is -2.17. The molecule has 0 amide bonds. The van der Waals surface area contributed by atoms with Gasteiger partial charge < -0.3 is 10.2 Å². The topological polar surface area (TPSA) is 81.0 Å². The minimum Gasteiger partial charge on any atom is -0.481 e. The Labute approximate surface area is 103 Å². The van der Waals surface area contributed by atoms with Gasteiger partial charge >= 0.3 is 0 Å². The second kappa shape index (κ2) is 4.32. The molecule has 8 heteroatoms. The van der Waals surface area contributed by atoms with Crippen LogP contribution in [-0.4, -0.2) is 38.6 Å². The lowest BCUT2D eigenvalue weighted by molar-refractivity contribution is 0.396. The summed E-state index contributed by atoms with van der Waals surface area (Å²) in [6.45, 7) is 0.628. The predicted octanol–water partition coefficient (Wildman–Crippen LogP) is -0.100. The maximum Gasteiger partial charge on any atom is 0.218 e. The van der Waals surface area contributed by atoms with Crippen molar-refractivity contribution in [3.8, 4) is 5.88 Å². The second-order valence-corrected chi connectivity index (χ2v) is 3.62. The first-order valence-electron chi connectivity index (χ1n) is 5.32. The van der Waals surface area contributed by atoms with E-state index in [9.17, 15) is 0 Å². The summed E-state index contributed by atoms with van der Waals surface area (Å²) in [5.74, 6) is 1.25. The zero-order chi connectivity index (χ0) is 12.4. The summed E-state index contributed by atoms with van der Waals surface area (Å²) >= 11 is 0. The lowest BCUT2D eigenvalue weighted by atomic mass is 10.4. The van der Waals surface area contributed by atoms with E-state index in [2.05, 4.69) is 25.7 Å². The van der Waals surface area contributed by atoms with Crippen molar-refractivity contribution in [2.24, 2.45) is 0 Å².